The molecule has 1 heterocycles. The summed E-state index contributed by atoms with van der Waals surface area (Å²) >= 11 is 0. The zero-order valence-corrected chi connectivity index (χ0v) is 25.4. The summed E-state index contributed by atoms with van der Waals surface area (Å²) in [4.78, 5) is 14.8. The van der Waals surface area contributed by atoms with Gasteiger partial charge in [-0.1, -0.05) is 57.2 Å². The molecule has 0 aromatic heterocycles. The predicted molar refractivity (Wildman–Crippen MR) is 158 cm³/mol. The molecule has 3 N–H and O–H groups in total. The van der Waals surface area contributed by atoms with Crippen LogP contribution in [0.15, 0.2) is 42.5 Å². The van der Waals surface area contributed by atoms with Gasteiger partial charge in [0.25, 0.3) is 0 Å². The SMILES string of the molecule is C/C=C\c1cc(C[C@@H]2CS(=O)(=O)C[C@H](N(Cc3cccc(C(C)(C)C)c3)C(=O)OC(C)(C)C)[C@H]2O)cc(F)c1N. The normalized spacial score (nSPS) is 21.4. The Bertz CT molecular complexity index is 1360. The van der Waals surface area contributed by atoms with Crippen molar-refractivity contribution >= 4 is 27.7 Å². The Labute approximate surface area is 238 Å². The average Bonchev–Trinajstić information content (AvgIpc) is 2.81. The molecule has 0 bridgehead atoms. The number of amides is 1. The third-order valence-corrected chi connectivity index (χ3v) is 8.80. The summed E-state index contributed by atoms with van der Waals surface area (Å²) in [6.07, 6.45) is 1.61. The van der Waals surface area contributed by atoms with Crippen LogP contribution in [0.3, 0.4) is 0 Å². The number of allylic oxidation sites excluding steroid dienone is 1. The number of ether oxygens (including phenoxy) is 1. The summed E-state index contributed by atoms with van der Waals surface area (Å²) in [5, 5.41) is 11.6. The van der Waals surface area contributed by atoms with Crippen LogP contribution in [0.1, 0.15) is 70.7 Å². The third kappa shape index (κ3) is 8.07. The lowest BCUT2D eigenvalue weighted by Crippen LogP contribution is -2.58. The van der Waals surface area contributed by atoms with Crippen LogP contribution in [0.5, 0.6) is 0 Å². The van der Waals surface area contributed by atoms with Crippen LogP contribution in [0, 0.1) is 11.7 Å². The Balaban J connectivity index is 2.00. The van der Waals surface area contributed by atoms with Gasteiger partial charge in [0.1, 0.15) is 11.4 Å². The number of aliphatic hydroxyl groups excluding tert-OH is 1. The summed E-state index contributed by atoms with van der Waals surface area (Å²) < 4.78 is 46.6. The van der Waals surface area contributed by atoms with Crippen molar-refractivity contribution in [3.05, 3.63) is 70.5 Å². The lowest BCUT2D eigenvalue weighted by molar-refractivity contribution is -0.0172. The molecule has 1 aliphatic rings. The van der Waals surface area contributed by atoms with Gasteiger partial charge in [0.05, 0.1) is 29.3 Å². The van der Waals surface area contributed by atoms with E-state index in [1.165, 1.54) is 11.0 Å². The number of anilines is 1. The van der Waals surface area contributed by atoms with E-state index in [4.69, 9.17) is 10.5 Å². The van der Waals surface area contributed by atoms with E-state index in [9.17, 15) is 22.7 Å². The monoisotopic (exact) mass is 574 g/mol. The van der Waals surface area contributed by atoms with E-state index < -0.39 is 51.2 Å². The van der Waals surface area contributed by atoms with Gasteiger partial charge in [-0.15, -0.1) is 0 Å². The van der Waals surface area contributed by atoms with Gasteiger partial charge in [0.2, 0.25) is 0 Å². The van der Waals surface area contributed by atoms with Crippen molar-refractivity contribution in [1.82, 2.24) is 4.90 Å². The maximum atomic E-state index is 14.6. The fraction of sp³-hybridized carbons (Fsp3) is 0.516. The molecule has 3 atom stereocenters. The number of nitrogen functional groups attached to an aromatic ring is 1. The number of nitrogens with zero attached hydrogens (tertiary/aromatic N) is 1. The molecule has 7 nitrogen and oxygen atoms in total. The van der Waals surface area contributed by atoms with Crippen molar-refractivity contribution in [2.24, 2.45) is 5.92 Å². The van der Waals surface area contributed by atoms with Crippen molar-refractivity contribution in [1.29, 1.82) is 0 Å². The largest absolute Gasteiger partial charge is 0.444 e. The van der Waals surface area contributed by atoms with E-state index in [1.54, 1.807) is 45.9 Å². The molecule has 2 aromatic carbocycles. The van der Waals surface area contributed by atoms with Crippen molar-refractivity contribution in [2.45, 2.75) is 84.6 Å². The summed E-state index contributed by atoms with van der Waals surface area (Å²) in [6, 6.07) is 9.68. The lowest BCUT2D eigenvalue weighted by atomic mass is 9.86. The van der Waals surface area contributed by atoms with Gasteiger partial charge in [-0.05, 0) is 68.4 Å². The fourth-order valence-electron chi connectivity index (χ4n) is 5.03. The van der Waals surface area contributed by atoms with Gasteiger partial charge >= 0.3 is 6.09 Å². The Hall–Kier alpha value is -2.91. The van der Waals surface area contributed by atoms with Gasteiger partial charge in [-0.25, -0.2) is 17.6 Å². The number of rotatable bonds is 6. The number of hydrogen-bond acceptors (Lipinski definition) is 6. The second kappa shape index (κ2) is 11.9. The fourth-order valence-corrected chi connectivity index (χ4v) is 7.03. The smallest absolute Gasteiger partial charge is 0.410 e. The van der Waals surface area contributed by atoms with Crippen molar-refractivity contribution < 1.29 is 27.4 Å². The summed E-state index contributed by atoms with van der Waals surface area (Å²) in [5.74, 6) is -2.06. The van der Waals surface area contributed by atoms with Crippen LogP contribution in [0.4, 0.5) is 14.9 Å². The highest BCUT2D eigenvalue weighted by Gasteiger charge is 2.45. The minimum atomic E-state index is -3.66. The standard InChI is InChI=1S/C31H43FN2O5S/c1-8-10-22-13-21(16-25(32)27(22)33)14-23-18-40(37,38)19-26(28(23)35)34(29(36)39-31(5,6)7)17-20-11-9-12-24(15-20)30(2,3)4/h8-13,15-16,23,26,28,35H,14,17-19,33H2,1-7H3/b10-8-/t23-,26+,28+/m1/s1. The maximum absolute atomic E-state index is 14.6. The van der Waals surface area contributed by atoms with E-state index in [1.807, 2.05) is 24.3 Å². The molecule has 1 aliphatic heterocycles. The minimum Gasteiger partial charge on any atom is -0.444 e. The Kier molecular flexibility index (Phi) is 9.41. The van der Waals surface area contributed by atoms with Gasteiger partial charge in [0.15, 0.2) is 9.84 Å². The molecular formula is C31H43FN2O5S. The van der Waals surface area contributed by atoms with Gasteiger partial charge in [-0.3, -0.25) is 4.90 Å². The molecule has 0 saturated carbocycles. The average molecular weight is 575 g/mol. The van der Waals surface area contributed by atoms with Crippen LogP contribution in [0.25, 0.3) is 6.08 Å². The van der Waals surface area contributed by atoms with Gasteiger partial charge in [0, 0.05) is 18.0 Å². The van der Waals surface area contributed by atoms with E-state index in [2.05, 4.69) is 20.8 Å². The number of carbonyl (C=O) groups excluding carboxylic acids is 1. The Morgan fingerprint density at radius 1 is 1.12 bits per heavy atom. The van der Waals surface area contributed by atoms with E-state index >= 15 is 0 Å². The molecule has 0 unspecified atom stereocenters. The molecule has 2 aromatic rings. The number of aliphatic hydroxyl groups is 1. The number of carbonyl (C=O) groups is 1. The second-order valence-electron chi connectivity index (χ2n) is 12.7. The maximum Gasteiger partial charge on any atom is 0.410 e. The molecule has 0 aliphatic carbocycles. The highest BCUT2D eigenvalue weighted by atomic mass is 32.2. The number of sulfone groups is 1. The number of benzene rings is 2. The van der Waals surface area contributed by atoms with Gasteiger partial charge in [-0.2, -0.15) is 0 Å². The zero-order valence-electron chi connectivity index (χ0n) is 24.6. The molecule has 0 radical (unpaired) electrons. The molecule has 40 heavy (non-hydrogen) atoms. The number of halogens is 1. The molecule has 9 heteroatoms. The zero-order chi connectivity index (χ0) is 30.0. The number of hydrogen-bond donors (Lipinski definition) is 2. The third-order valence-electron chi connectivity index (χ3n) is 7.01. The number of nitrogens with two attached hydrogens (primary N) is 1. The van der Waals surface area contributed by atoms with Gasteiger partial charge < -0.3 is 15.6 Å². The van der Waals surface area contributed by atoms with E-state index in [0.717, 1.165) is 11.1 Å². The Morgan fingerprint density at radius 2 is 1.80 bits per heavy atom. The predicted octanol–water partition coefficient (Wildman–Crippen LogP) is 5.49. The van der Waals surface area contributed by atoms with E-state index in [-0.39, 0.29) is 29.8 Å². The highest BCUT2D eigenvalue weighted by Crippen LogP contribution is 2.31. The van der Waals surface area contributed by atoms with Crippen molar-refractivity contribution in [3.8, 4) is 0 Å². The second-order valence-corrected chi connectivity index (χ2v) is 14.9. The molecular weight excluding hydrogens is 531 g/mol. The van der Waals surface area contributed by atoms with Crippen LogP contribution in [0.2, 0.25) is 0 Å². The molecule has 1 saturated heterocycles. The van der Waals surface area contributed by atoms with Crippen LogP contribution in [-0.2, 0) is 33.0 Å². The van der Waals surface area contributed by atoms with Crippen LogP contribution >= 0.6 is 0 Å². The van der Waals surface area contributed by atoms with Crippen LogP contribution in [-0.4, -0.2) is 53.8 Å². The first-order valence-electron chi connectivity index (χ1n) is 13.6. The quantitative estimate of drug-likeness (QED) is 0.442. The highest BCUT2D eigenvalue weighted by molar-refractivity contribution is 7.91. The molecule has 1 amide bonds. The molecule has 3 rings (SSSR count). The first kappa shape index (κ1) is 31.6. The lowest BCUT2D eigenvalue weighted by Gasteiger charge is -2.41. The minimum absolute atomic E-state index is 0.00475. The summed E-state index contributed by atoms with van der Waals surface area (Å²) in [7, 11) is -3.66. The molecule has 1 fully saturated rings. The summed E-state index contributed by atoms with van der Waals surface area (Å²) in [6.45, 7) is 13.3. The van der Waals surface area contributed by atoms with Crippen molar-refractivity contribution in [3.63, 3.8) is 0 Å². The summed E-state index contributed by atoms with van der Waals surface area (Å²) in [5.41, 5.74) is 7.76. The topological polar surface area (TPSA) is 110 Å². The van der Waals surface area contributed by atoms with Crippen LogP contribution < -0.4 is 5.73 Å². The Morgan fingerprint density at radius 3 is 2.40 bits per heavy atom. The first-order chi connectivity index (χ1) is 18.4. The van der Waals surface area contributed by atoms with Crippen molar-refractivity contribution in [2.75, 3.05) is 17.2 Å². The molecule has 220 valence electrons. The van der Waals surface area contributed by atoms with E-state index in [0.29, 0.717) is 11.1 Å². The molecule has 0 spiro atoms. The first-order valence-corrected chi connectivity index (χ1v) is 15.4.